The molecule has 5 heteroatoms. The second-order valence-corrected chi connectivity index (χ2v) is 4.38. The number of amides is 1. The molecule has 0 spiro atoms. The molecule has 1 unspecified atom stereocenters. The van der Waals surface area contributed by atoms with Gasteiger partial charge in [0.15, 0.2) is 0 Å². The van der Waals surface area contributed by atoms with Crippen LogP contribution in [0.15, 0.2) is 24.3 Å². The smallest absolute Gasteiger partial charge is 0.223 e. The van der Waals surface area contributed by atoms with Crippen molar-refractivity contribution in [2.75, 3.05) is 7.11 Å². The van der Waals surface area contributed by atoms with Gasteiger partial charge in [0.25, 0.3) is 0 Å². The molecule has 1 atom stereocenters. The minimum atomic E-state index is -0.250. The maximum Gasteiger partial charge on any atom is 0.223 e. The molecular weight excluding hydrogens is 230 g/mol. The quantitative estimate of drug-likeness (QED) is 0.618. The summed E-state index contributed by atoms with van der Waals surface area (Å²) in [6, 6.07) is 7.31. The molecule has 1 aliphatic rings. The number of carbonyl (C=O) groups excluding carboxylic acids is 1. The van der Waals surface area contributed by atoms with Crippen LogP contribution in [0, 0.1) is 5.41 Å². The predicted octanol–water partition coefficient (Wildman–Crippen LogP) is 1.12. The highest BCUT2D eigenvalue weighted by Crippen LogP contribution is 2.22. The Morgan fingerprint density at radius 2 is 2.17 bits per heavy atom. The van der Waals surface area contributed by atoms with Crippen molar-refractivity contribution < 1.29 is 9.53 Å². The molecule has 0 saturated carbocycles. The number of benzene rings is 1. The Morgan fingerprint density at radius 1 is 1.50 bits per heavy atom. The molecule has 0 aliphatic carbocycles. The first-order valence-corrected chi connectivity index (χ1v) is 5.88. The van der Waals surface area contributed by atoms with Gasteiger partial charge >= 0.3 is 0 Å². The van der Waals surface area contributed by atoms with E-state index in [1.807, 2.05) is 24.3 Å². The third kappa shape index (κ3) is 2.45. The zero-order chi connectivity index (χ0) is 13.1. The molecule has 1 aromatic carbocycles. The fourth-order valence-electron chi connectivity index (χ4n) is 2.18. The molecule has 18 heavy (non-hydrogen) atoms. The molecule has 0 aromatic heterocycles. The van der Waals surface area contributed by atoms with Crippen molar-refractivity contribution >= 4 is 11.7 Å². The second kappa shape index (κ2) is 5.08. The molecule has 1 amide bonds. The number of nitrogens with two attached hydrogens (primary N) is 1. The number of carbonyl (C=O) groups is 1. The third-order valence-electron chi connectivity index (χ3n) is 3.20. The normalized spacial score (nSPS) is 19.1. The molecule has 1 saturated heterocycles. The molecule has 96 valence electrons. The van der Waals surface area contributed by atoms with Gasteiger partial charge in [-0.25, -0.2) is 0 Å². The van der Waals surface area contributed by atoms with Crippen LogP contribution >= 0.6 is 0 Å². The molecule has 2 rings (SSSR count). The van der Waals surface area contributed by atoms with Crippen molar-refractivity contribution in [1.82, 2.24) is 4.90 Å². The van der Waals surface area contributed by atoms with Crippen molar-refractivity contribution in [3.8, 4) is 5.75 Å². The van der Waals surface area contributed by atoms with Gasteiger partial charge in [-0.3, -0.25) is 10.2 Å². The maximum absolute atomic E-state index is 11.8. The lowest BCUT2D eigenvalue weighted by atomic mass is 10.1. The first-order valence-electron chi connectivity index (χ1n) is 5.88. The summed E-state index contributed by atoms with van der Waals surface area (Å²) in [6.07, 6.45) is 1.12. The van der Waals surface area contributed by atoms with Crippen molar-refractivity contribution in [2.24, 2.45) is 5.73 Å². The summed E-state index contributed by atoms with van der Waals surface area (Å²) in [5.74, 6) is 0.912. The van der Waals surface area contributed by atoms with Gasteiger partial charge in [-0.1, -0.05) is 12.1 Å². The van der Waals surface area contributed by atoms with E-state index in [4.69, 9.17) is 15.9 Å². The van der Waals surface area contributed by atoms with Gasteiger partial charge in [0.2, 0.25) is 5.91 Å². The lowest BCUT2D eigenvalue weighted by molar-refractivity contribution is -0.128. The molecule has 1 aromatic rings. The maximum atomic E-state index is 11.8. The average Bonchev–Trinajstić information content (AvgIpc) is 2.72. The van der Waals surface area contributed by atoms with E-state index >= 15 is 0 Å². The van der Waals surface area contributed by atoms with Crippen LogP contribution in [0.1, 0.15) is 18.4 Å². The monoisotopic (exact) mass is 247 g/mol. The number of amidine groups is 1. The van der Waals surface area contributed by atoms with E-state index in [1.165, 1.54) is 0 Å². The molecule has 1 heterocycles. The van der Waals surface area contributed by atoms with Crippen LogP contribution in [0.4, 0.5) is 0 Å². The molecule has 3 N–H and O–H groups in total. The summed E-state index contributed by atoms with van der Waals surface area (Å²) in [6.45, 7) is 0.493. The number of hydrogen-bond donors (Lipinski definition) is 2. The zero-order valence-electron chi connectivity index (χ0n) is 10.3. The van der Waals surface area contributed by atoms with E-state index in [9.17, 15) is 4.79 Å². The van der Waals surface area contributed by atoms with Crippen LogP contribution < -0.4 is 10.5 Å². The third-order valence-corrected chi connectivity index (χ3v) is 3.20. The summed E-state index contributed by atoms with van der Waals surface area (Å²) < 4.78 is 5.08. The topological polar surface area (TPSA) is 79.4 Å². The number of hydrogen-bond acceptors (Lipinski definition) is 3. The summed E-state index contributed by atoms with van der Waals surface area (Å²) in [5.41, 5.74) is 6.53. The van der Waals surface area contributed by atoms with Crippen molar-refractivity contribution in [1.29, 1.82) is 5.41 Å². The first kappa shape index (κ1) is 12.4. The highest BCUT2D eigenvalue weighted by Gasteiger charge is 2.32. The van der Waals surface area contributed by atoms with Gasteiger partial charge in [-0.05, 0) is 24.1 Å². The number of nitrogens with one attached hydrogen (secondary N) is 1. The number of ether oxygens (including phenoxy) is 1. The van der Waals surface area contributed by atoms with Crippen LogP contribution in [0.2, 0.25) is 0 Å². The van der Waals surface area contributed by atoms with Crippen molar-refractivity contribution in [3.63, 3.8) is 0 Å². The first-order chi connectivity index (χ1) is 8.61. The summed E-state index contributed by atoms with van der Waals surface area (Å²) >= 11 is 0. The minimum absolute atomic E-state index is 0.0611. The number of methoxy groups -OCH3 is 1. The highest BCUT2D eigenvalue weighted by atomic mass is 16.5. The van der Waals surface area contributed by atoms with Gasteiger partial charge in [-0.2, -0.15) is 0 Å². The van der Waals surface area contributed by atoms with Gasteiger partial charge in [0, 0.05) is 13.0 Å². The van der Waals surface area contributed by atoms with E-state index in [0.29, 0.717) is 19.4 Å². The van der Waals surface area contributed by atoms with Crippen LogP contribution in [0.5, 0.6) is 5.75 Å². The fourth-order valence-corrected chi connectivity index (χ4v) is 2.18. The van der Waals surface area contributed by atoms with E-state index < -0.39 is 0 Å². The Labute approximate surface area is 106 Å². The SMILES string of the molecule is COc1ccc(CN2C(=O)CCC2C(=N)N)cc1. The Morgan fingerprint density at radius 3 is 2.72 bits per heavy atom. The fraction of sp³-hybridized carbons (Fsp3) is 0.385. The standard InChI is InChI=1S/C13H17N3O2/c1-18-10-4-2-9(3-5-10)8-16-11(13(14)15)6-7-12(16)17/h2-5,11H,6-8H2,1H3,(H3,14,15). The minimum Gasteiger partial charge on any atom is -0.497 e. The summed E-state index contributed by atoms with van der Waals surface area (Å²) in [7, 11) is 1.62. The largest absolute Gasteiger partial charge is 0.497 e. The van der Waals surface area contributed by atoms with E-state index in [1.54, 1.807) is 12.0 Å². The van der Waals surface area contributed by atoms with Gasteiger partial charge in [0.1, 0.15) is 11.6 Å². The molecule has 0 radical (unpaired) electrons. The lowest BCUT2D eigenvalue weighted by Crippen LogP contribution is -2.41. The highest BCUT2D eigenvalue weighted by molar-refractivity contribution is 5.91. The Balaban J connectivity index is 2.11. The van der Waals surface area contributed by atoms with Gasteiger partial charge in [-0.15, -0.1) is 0 Å². The van der Waals surface area contributed by atoms with Crippen LogP contribution in [0.3, 0.4) is 0 Å². The van der Waals surface area contributed by atoms with Crippen molar-refractivity contribution in [3.05, 3.63) is 29.8 Å². The number of rotatable bonds is 4. The van der Waals surface area contributed by atoms with Gasteiger partial charge < -0.3 is 15.4 Å². The number of nitrogens with zero attached hydrogens (tertiary/aromatic N) is 1. The Hall–Kier alpha value is -2.04. The second-order valence-electron chi connectivity index (χ2n) is 4.38. The van der Waals surface area contributed by atoms with E-state index in [0.717, 1.165) is 11.3 Å². The molecule has 1 fully saturated rings. The molecule has 1 aliphatic heterocycles. The lowest BCUT2D eigenvalue weighted by Gasteiger charge is -2.23. The summed E-state index contributed by atoms with van der Waals surface area (Å²) in [4.78, 5) is 13.4. The molecule has 0 bridgehead atoms. The van der Waals surface area contributed by atoms with Crippen LogP contribution in [-0.2, 0) is 11.3 Å². The van der Waals surface area contributed by atoms with Crippen molar-refractivity contribution in [2.45, 2.75) is 25.4 Å². The average molecular weight is 247 g/mol. The number of likely N-dealkylation sites (tertiary alicyclic amines) is 1. The Kier molecular flexibility index (Phi) is 3.50. The Bertz CT molecular complexity index is 456. The molecular formula is C13H17N3O2. The van der Waals surface area contributed by atoms with E-state index in [-0.39, 0.29) is 17.8 Å². The molecule has 5 nitrogen and oxygen atoms in total. The van der Waals surface area contributed by atoms with E-state index in [2.05, 4.69) is 0 Å². The van der Waals surface area contributed by atoms with Crippen LogP contribution in [-0.4, -0.2) is 29.8 Å². The van der Waals surface area contributed by atoms with Gasteiger partial charge in [0.05, 0.1) is 13.2 Å². The predicted molar refractivity (Wildman–Crippen MR) is 68.5 cm³/mol. The van der Waals surface area contributed by atoms with Crippen LogP contribution in [0.25, 0.3) is 0 Å². The summed E-state index contributed by atoms with van der Waals surface area (Å²) in [5, 5.41) is 7.51. The zero-order valence-corrected chi connectivity index (χ0v) is 10.3.